The number of hydrogen-bond donors (Lipinski definition) is 2. The van der Waals surface area contributed by atoms with Gasteiger partial charge >= 0.3 is 21.1 Å². The van der Waals surface area contributed by atoms with Crippen molar-refractivity contribution < 1.29 is 31.4 Å². The van der Waals surface area contributed by atoms with Gasteiger partial charge in [0.05, 0.1) is 5.69 Å². The predicted molar refractivity (Wildman–Crippen MR) is 58.1 cm³/mol. The number of aliphatic imine (C=N–C) groups is 1. The van der Waals surface area contributed by atoms with Crippen molar-refractivity contribution in [3.8, 4) is 0 Å². The maximum absolute atomic E-state index is 8.68. The highest BCUT2D eigenvalue weighted by atomic mass is 127. The zero-order valence-corrected chi connectivity index (χ0v) is 11.6. The van der Waals surface area contributed by atoms with E-state index in [1.807, 2.05) is 30.3 Å². The molecule has 90 valence electrons. The number of thioether (sulfide) groups is 1. The van der Waals surface area contributed by atoms with E-state index < -0.39 is 21.1 Å². The van der Waals surface area contributed by atoms with E-state index in [4.69, 9.17) is 16.0 Å². The Hall–Kier alpha value is -0.350. The Morgan fingerprint density at radius 3 is 2.38 bits per heavy atom. The monoisotopic (exact) mass is 356 g/mol. The number of hydrogen-bond acceptors (Lipinski definition) is 5. The van der Waals surface area contributed by atoms with Gasteiger partial charge < -0.3 is 12.6 Å². The molecule has 16 heavy (non-hydrogen) atoms. The van der Waals surface area contributed by atoms with Gasteiger partial charge in [-0.2, -0.15) is 0 Å². The summed E-state index contributed by atoms with van der Waals surface area (Å²) in [5, 5.41) is 0.628. The van der Waals surface area contributed by atoms with E-state index in [2.05, 4.69) is 11.9 Å². The van der Waals surface area contributed by atoms with Gasteiger partial charge in [0.1, 0.15) is 0 Å². The predicted octanol–water partition coefficient (Wildman–Crippen LogP) is -3.55. The summed E-state index contributed by atoms with van der Waals surface area (Å²) in [6.45, 7) is 2.05. The van der Waals surface area contributed by atoms with Crippen LogP contribution in [-0.2, 0) is 0 Å². The molecule has 3 N–H and O–H groups in total. The molecular weight excluding hydrogens is 343 g/mol. The maximum atomic E-state index is 8.68. The first kappa shape index (κ1) is 15.7. The Labute approximate surface area is 107 Å². The minimum Gasteiger partial charge on any atom is -0.396 e. The van der Waals surface area contributed by atoms with E-state index >= 15 is 0 Å². The van der Waals surface area contributed by atoms with Crippen LogP contribution >= 0.6 is 11.8 Å². The summed E-state index contributed by atoms with van der Waals surface area (Å²) in [6, 6.07) is 9.72. The first-order valence-electron chi connectivity index (χ1n) is 4.32. The summed E-state index contributed by atoms with van der Waals surface area (Å²) in [7, 11) is 0. The molecule has 0 atom stereocenters. The Morgan fingerprint density at radius 1 is 1.44 bits per heavy atom. The summed E-state index contributed by atoms with van der Waals surface area (Å²) in [4.78, 5) is 4.21. The number of benzene rings is 1. The summed E-state index contributed by atoms with van der Waals surface area (Å²) in [5.74, 6) is 0.960. The number of rotatable bonds is 2. The standard InChI is InChI=1S/C9H12N2S.HIO3/c1-2-12-9(10)11-8-6-4-3-5-7-8;2-1(3)4/h3-7H,2H2,1H3,(H2,10,11);2H. The van der Waals surface area contributed by atoms with Gasteiger partial charge in [-0.1, -0.05) is 36.9 Å². The molecular formula is C9H13IN2O3S. The molecule has 1 aromatic rings. The maximum Gasteiger partial charge on any atom is 0.503 e. The Balaban J connectivity index is 0.000000487. The summed E-state index contributed by atoms with van der Waals surface area (Å²) in [6.07, 6.45) is 0. The molecule has 1 aromatic carbocycles. The lowest BCUT2D eigenvalue weighted by Gasteiger charge is -1.96. The molecule has 0 aliphatic carbocycles. The van der Waals surface area contributed by atoms with Gasteiger partial charge in [-0.3, -0.25) is 0 Å². The van der Waals surface area contributed by atoms with E-state index in [0.717, 1.165) is 11.4 Å². The molecule has 0 unspecified atom stereocenters. The molecule has 7 heteroatoms. The number of nitrogens with zero attached hydrogens (tertiary/aromatic N) is 1. The Bertz CT molecular complexity index is 306. The van der Waals surface area contributed by atoms with Crippen LogP contribution in [0.15, 0.2) is 35.3 Å². The normalized spacial score (nSPS) is 10.9. The molecule has 5 nitrogen and oxygen atoms in total. The van der Waals surface area contributed by atoms with Crippen LogP contribution in [-0.4, -0.2) is 14.4 Å². The van der Waals surface area contributed by atoms with Crippen molar-refractivity contribution in [3.63, 3.8) is 0 Å². The van der Waals surface area contributed by atoms with Gasteiger partial charge in [0, 0.05) is 0 Å². The highest BCUT2D eigenvalue weighted by Gasteiger charge is 1.91. The van der Waals surface area contributed by atoms with Crippen LogP contribution in [0.4, 0.5) is 5.69 Å². The van der Waals surface area contributed by atoms with Crippen LogP contribution in [0.1, 0.15) is 6.92 Å². The second-order valence-corrected chi connectivity index (χ2v) is 4.85. The molecule has 0 aliphatic heterocycles. The van der Waals surface area contributed by atoms with Crippen molar-refractivity contribution >= 4 is 22.6 Å². The molecule has 0 saturated carbocycles. The third-order valence-electron chi connectivity index (χ3n) is 1.29. The summed E-state index contributed by atoms with van der Waals surface area (Å²) in [5.41, 5.74) is 6.54. The average Bonchev–Trinajstić information content (AvgIpc) is 2.18. The number of amidine groups is 1. The van der Waals surface area contributed by atoms with E-state index in [-0.39, 0.29) is 0 Å². The molecule has 0 heterocycles. The second-order valence-electron chi connectivity index (χ2n) is 2.42. The molecule has 0 aromatic heterocycles. The lowest BCUT2D eigenvalue weighted by molar-refractivity contribution is -1.63. The van der Waals surface area contributed by atoms with Crippen LogP contribution in [0.3, 0.4) is 0 Å². The van der Waals surface area contributed by atoms with Gasteiger partial charge in [0.15, 0.2) is 5.17 Å². The van der Waals surface area contributed by atoms with Gasteiger partial charge in [0.25, 0.3) is 0 Å². The largest absolute Gasteiger partial charge is 0.503 e. The Kier molecular flexibility index (Phi) is 9.63. The molecule has 0 amide bonds. The zero-order chi connectivity index (χ0) is 12.4. The SMILES string of the molecule is CCSC(N)=Nc1ccccc1.[O-][I+2]([O-])O. The van der Waals surface area contributed by atoms with Gasteiger partial charge in [-0.15, -0.1) is 0 Å². The van der Waals surface area contributed by atoms with Crippen LogP contribution < -0.4 is 33.7 Å². The van der Waals surface area contributed by atoms with Gasteiger partial charge in [-0.25, -0.2) is 4.99 Å². The number of halogens is 1. The molecule has 0 radical (unpaired) electrons. The number of nitrogens with two attached hydrogens (primary N) is 1. The topological polar surface area (TPSA) is 105 Å². The fourth-order valence-electron chi connectivity index (χ4n) is 0.810. The minimum atomic E-state index is -3.76. The molecule has 0 bridgehead atoms. The van der Waals surface area contributed by atoms with E-state index in [1.165, 1.54) is 0 Å². The molecule has 0 spiro atoms. The minimum absolute atomic E-state index is 0.628. The average molecular weight is 356 g/mol. The van der Waals surface area contributed by atoms with Crippen molar-refractivity contribution in [2.45, 2.75) is 6.92 Å². The number of para-hydroxylation sites is 1. The van der Waals surface area contributed by atoms with Crippen molar-refractivity contribution in [1.29, 1.82) is 0 Å². The smallest absolute Gasteiger partial charge is 0.396 e. The molecule has 0 aliphatic rings. The third-order valence-corrected chi connectivity index (χ3v) is 1.96. The first-order valence-corrected chi connectivity index (χ1v) is 8.04. The quantitative estimate of drug-likeness (QED) is 0.325. The Morgan fingerprint density at radius 2 is 1.94 bits per heavy atom. The fraction of sp³-hybridized carbons (Fsp3) is 0.222. The van der Waals surface area contributed by atoms with E-state index in [1.54, 1.807) is 11.8 Å². The fourth-order valence-corrected chi connectivity index (χ4v) is 1.28. The first-order chi connectivity index (χ1) is 7.56. The van der Waals surface area contributed by atoms with Crippen molar-refractivity contribution in [1.82, 2.24) is 0 Å². The third kappa shape index (κ3) is 10.2. The molecule has 1 rings (SSSR count). The second kappa shape index (κ2) is 9.85. The van der Waals surface area contributed by atoms with Gasteiger partial charge in [-0.05, 0) is 21.3 Å². The van der Waals surface area contributed by atoms with E-state index in [9.17, 15) is 0 Å². The molecule has 0 saturated heterocycles. The molecule has 0 fully saturated rings. The van der Waals surface area contributed by atoms with Crippen LogP contribution in [0.2, 0.25) is 0 Å². The lowest BCUT2D eigenvalue weighted by Crippen LogP contribution is -3.98. The summed E-state index contributed by atoms with van der Waals surface area (Å²) < 4.78 is 24.5. The van der Waals surface area contributed by atoms with Crippen molar-refractivity contribution in [2.24, 2.45) is 10.7 Å². The summed E-state index contributed by atoms with van der Waals surface area (Å²) >= 11 is -2.21. The zero-order valence-electron chi connectivity index (χ0n) is 8.67. The van der Waals surface area contributed by atoms with E-state index in [0.29, 0.717) is 5.17 Å². The van der Waals surface area contributed by atoms with Crippen LogP contribution in [0.25, 0.3) is 0 Å². The van der Waals surface area contributed by atoms with Crippen LogP contribution in [0.5, 0.6) is 0 Å². The van der Waals surface area contributed by atoms with Gasteiger partial charge in [0.2, 0.25) is 0 Å². The van der Waals surface area contributed by atoms with Crippen molar-refractivity contribution in [3.05, 3.63) is 30.3 Å². The van der Waals surface area contributed by atoms with Crippen LogP contribution in [0, 0.1) is 0 Å². The highest BCUT2D eigenvalue weighted by Crippen LogP contribution is 2.12. The lowest BCUT2D eigenvalue weighted by atomic mass is 10.3. The van der Waals surface area contributed by atoms with Crippen molar-refractivity contribution in [2.75, 3.05) is 5.75 Å². The highest BCUT2D eigenvalue weighted by molar-refractivity contribution is 8.13.